The Labute approximate surface area is 150 Å². The second-order valence-corrected chi connectivity index (χ2v) is 8.67. The minimum Gasteiger partial charge on any atom is -0.372 e. The maximum absolute atomic E-state index is 12.8. The fourth-order valence-corrected chi connectivity index (χ4v) is 4.89. The van der Waals surface area contributed by atoms with Gasteiger partial charge >= 0.3 is 0 Å². The first-order valence-electron chi connectivity index (χ1n) is 8.53. The monoisotopic (exact) mass is 368 g/mol. The van der Waals surface area contributed by atoms with Crippen LogP contribution >= 0.6 is 0 Å². The number of nitrogens with one attached hydrogen (secondary N) is 1. The Kier molecular flexibility index (Phi) is 5.91. The standard InChI is InChI=1S/C18H28N2O4S/c1-11-7-12(2)16(6)18(15(11)5)25(22,23)19-8-17(21)20-9-13(3)24-14(4)10-20/h7,13-14,19H,8-10H2,1-6H3/t13-,14-/m0/s1. The van der Waals surface area contributed by atoms with Crippen LogP contribution in [0.15, 0.2) is 11.0 Å². The van der Waals surface area contributed by atoms with Gasteiger partial charge in [-0.25, -0.2) is 13.1 Å². The van der Waals surface area contributed by atoms with Gasteiger partial charge in [-0.2, -0.15) is 0 Å². The Hall–Kier alpha value is -1.44. The lowest BCUT2D eigenvalue weighted by Crippen LogP contribution is -2.51. The molecule has 2 rings (SSSR count). The van der Waals surface area contributed by atoms with Crippen LogP contribution in [0.3, 0.4) is 0 Å². The molecule has 0 unspecified atom stereocenters. The summed E-state index contributed by atoms with van der Waals surface area (Å²) < 4.78 is 33.7. The number of hydrogen-bond acceptors (Lipinski definition) is 4. The van der Waals surface area contributed by atoms with Crippen LogP contribution in [0.25, 0.3) is 0 Å². The number of nitrogens with zero attached hydrogens (tertiary/aromatic N) is 1. The highest BCUT2D eigenvalue weighted by Crippen LogP contribution is 2.25. The zero-order valence-electron chi connectivity index (χ0n) is 15.8. The van der Waals surface area contributed by atoms with E-state index in [1.54, 1.807) is 18.7 Å². The second-order valence-electron chi connectivity index (χ2n) is 6.97. The van der Waals surface area contributed by atoms with Gasteiger partial charge < -0.3 is 9.64 Å². The van der Waals surface area contributed by atoms with Gasteiger partial charge in [-0.15, -0.1) is 0 Å². The largest absolute Gasteiger partial charge is 0.372 e. The van der Waals surface area contributed by atoms with E-state index in [-0.39, 0.29) is 29.6 Å². The van der Waals surface area contributed by atoms with E-state index in [0.29, 0.717) is 13.1 Å². The smallest absolute Gasteiger partial charge is 0.241 e. The summed E-state index contributed by atoms with van der Waals surface area (Å²) in [6.07, 6.45) is -0.0959. The summed E-state index contributed by atoms with van der Waals surface area (Å²) in [7, 11) is -3.76. The Morgan fingerprint density at radius 3 is 2.08 bits per heavy atom. The molecule has 2 atom stereocenters. The van der Waals surface area contributed by atoms with Crippen LogP contribution in [0, 0.1) is 27.7 Å². The van der Waals surface area contributed by atoms with Crippen molar-refractivity contribution in [3.8, 4) is 0 Å². The van der Waals surface area contributed by atoms with E-state index in [4.69, 9.17) is 4.74 Å². The number of carbonyl (C=O) groups excluding carboxylic acids is 1. The van der Waals surface area contributed by atoms with Gasteiger partial charge in [-0.3, -0.25) is 4.79 Å². The molecule has 1 aromatic rings. The number of amides is 1. The zero-order valence-corrected chi connectivity index (χ0v) is 16.7. The molecule has 140 valence electrons. The van der Waals surface area contributed by atoms with Crippen molar-refractivity contribution in [2.45, 2.75) is 58.6 Å². The maximum Gasteiger partial charge on any atom is 0.241 e. The molecule has 0 spiro atoms. The van der Waals surface area contributed by atoms with Crippen molar-refractivity contribution in [3.05, 3.63) is 28.3 Å². The van der Waals surface area contributed by atoms with Crippen LogP contribution < -0.4 is 4.72 Å². The molecule has 0 aromatic heterocycles. The first-order chi connectivity index (χ1) is 11.5. The molecule has 1 amide bonds. The van der Waals surface area contributed by atoms with E-state index < -0.39 is 10.0 Å². The topological polar surface area (TPSA) is 75.7 Å². The Morgan fingerprint density at radius 2 is 1.60 bits per heavy atom. The molecule has 1 heterocycles. The van der Waals surface area contributed by atoms with Crippen LogP contribution in [0.1, 0.15) is 36.1 Å². The first-order valence-corrected chi connectivity index (χ1v) is 10.0. The molecule has 1 aliphatic heterocycles. The van der Waals surface area contributed by atoms with Crippen molar-refractivity contribution in [2.24, 2.45) is 0 Å². The second kappa shape index (κ2) is 7.43. The summed E-state index contributed by atoms with van der Waals surface area (Å²) in [5.41, 5.74) is 3.28. The predicted molar refractivity (Wildman–Crippen MR) is 97.2 cm³/mol. The van der Waals surface area contributed by atoms with E-state index in [1.165, 1.54) is 0 Å². The average molecular weight is 368 g/mol. The zero-order chi connectivity index (χ0) is 18.9. The van der Waals surface area contributed by atoms with E-state index in [0.717, 1.165) is 22.3 Å². The number of sulfonamides is 1. The highest BCUT2D eigenvalue weighted by molar-refractivity contribution is 7.89. The molecule has 1 N–H and O–H groups in total. The maximum atomic E-state index is 12.8. The minimum atomic E-state index is -3.76. The molecule has 6 nitrogen and oxygen atoms in total. The lowest BCUT2D eigenvalue weighted by atomic mass is 10.0. The number of hydrogen-bond donors (Lipinski definition) is 1. The molecular formula is C18H28N2O4S. The average Bonchev–Trinajstić information content (AvgIpc) is 2.50. The SMILES string of the molecule is Cc1cc(C)c(C)c(S(=O)(=O)NCC(=O)N2C[C@H](C)O[C@@H](C)C2)c1C. The van der Waals surface area contributed by atoms with Gasteiger partial charge in [-0.05, 0) is 63.8 Å². The lowest BCUT2D eigenvalue weighted by Gasteiger charge is -2.35. The molecule has 0 saturated carbocycles. The first kappa shape index (κ1) is 19.9. The molecule has 1 aliphatic rings. The normalized spacial score (nSPS) is 21.4. The highest BCUT2D eigenvalue weighted by Gasteiger charge is 2.28. The summed E-state index contributed by atoms with van der Waals surface area (Å²) in [5.74, 6) is -0.231. The van der Waals surface area contributed by atoms with Gasteiger partial charge in [0.2, 0.25) is 15.9 Å². The fourth-order valence-electron chi connectivity index (χ4n) is 3.31. The van der Waals surface area contributed by atoms with Crippen LogP contribution in [0.5, 0.6) is 0 Å². The molecule has 0 aliphatic carbocycles. The van der Waals surface area contributed by atoms with Crippen molar-refractivity contribution in [2.75, 3.05) is 19.6 Å². The van der Waals surface area contributed by atoms with Gasteiger partial charge in [0.1, 0.15) is 0 Å². The number of rotatable bonds is 4. The van der Waals surface area contributed by atoms with Crippen molar-refractivity contribution < 1.29 is 17.9 Å². The Morgan fingerprint density at radius 1 is 1.12 bits per heavy atom. The summed E-state index contributed by atoms with van der Waals surface area (Å²) >= 11 is 0. The summed E-state index contributed by atoms with van der Waals surface area (Å²) in [6.45, 7) is 11.9. The summed E-state index contributed by atoms with van der Waals surface area (Å²) in [4.78, 5) is 14.3. The minimum absolute atomic E-state index is 0.0479. The van der Waals surface area contributed by atoms with Gasteiger partial charge in [0, 0.05) is 13.1 Å². The molecule has 1 aromatic carbocycles. The third-order valence-corrected chi connectivity index (χ3v) is 6.43. The number of benzene rings is 1. The van der Waals surface area contributed by atoms with Crippen molar-refractivity contribution in [1.82, 2.24) is 9.62 Å². The quantitative estimate of drug-likeness (QED) is 0.880. The van der Waals surface area contributed by atoms with Gasteiger partial charge in [-0.1, -0.05) is 6.07 Å². The fraction of sp³-hybridized carbons (Fsp3) is 0.611. The van der Waals surface area contributed by atoms with Gasteiger partial charge in [0.05, 0.1) is 23.6 Å². The van der Waals surface area contributed by atoms with Crippen LogP contribution in [-0.4, -0.2) is 51.1 Å². The van der Waals surface area contributed by atoms with Gasteiger partial charge in [0.15, 0.2) is 0 Å². The molecule has 1 fully saturated rings. The number of carbonyl (C=O) groups is 1. The summed E-state index contributed by atoms with van der Waals surface area (Å²) in [5, 5.41) is 0. The molecule has 25 heavy (non-hydrogen) atoms. The molecule has 0 radical (unpaired) electrons. The molecule has 7 heteroatoms. The Bertz CT molecular complexity index is 738. The van der Waals surface area contributed by atoms with Crippen LogP contribution in [-0.2, 0) is 19.6 Å². The molecule has 1 saturated heterocycles. The summed E-state index contributed by atoms with van der Waals surface area (Å²) in [6, 6.07) is 1.98. The van der Waals surface area contributed by atoms with Crippen LogP contribution in [0.2, 0.25) is 0 Å². The third kappa shape index (κ3) is 4.40. The number of aryl methyl sites for hydroxylation is 2. The number of ether oxygens (including phenoxy) is 1. The van der Waals surface area contributed by atoms with Crippen molar-refractivity contribution in [3.63, 3.8) is 0 Å². The van der Waals surface area contributed by atoms with E-state index in [2.05, 4.69) is 4.72 Å². The van der Waals surface area contributed by atoms with E-state index in [9.17, 15) is 13.2 Å². The van der Waals surface area contributed by atoms with Crippen LogP contribution in [0.4, 0.5) is 0 Å². The Balaban J connectivity index is 2.16. The highest BCUT2D eigenvalue weighted by atomic mass is 32.2. The predicted octanol–water partition coefficient (Wildman–Crippen LogP) is 1.83. The molecule has 0 bridgehead atoms. The van der Waals surface area contributed by atoms with Crippen molar-refractivity contribution >= 4 is 15.9 Å². The van der Waals surface area contributed by atoms with E-state index >= 15 is 0 Å². The van der Waals surface area contributed by atoms with E-state index in [1.807, 2.05) is 33.8 Å². The third-order valence-electron chi connectivity index (χ3n) is 4.75. The van der Waals surface area contributed by atoms with Gasteiger partial charge in [0.25, 0.3) is 0 Å². The molecular weight excluding hydrogens is 340 g/mol. The lowest BCUT2D eigenvalue weighted by molar-refractivity contribution is -0.141. The number of morpholine rings is 1. The van der Waals surface area contributed by atoms with Crippen molar-refractivity contribution in [1.29, 1.82) is 0 Å².